The van der Waals surface area contributed by atoms with Gasteiger partial charge in [0.05, 0.1) is 17.0 Å². The van der Waals surface area contributed by atoms with Crippen molar-refractivity contribution in [3.63, 3.8) is 0 Å². The van der Waals surface area contributed by atoms with Gasteiger partial charge < -0.3 is 14.3 Å². The minimum absolute atomic E-state index is 0.0439. The molecule has 0 spiro atoms. The number of benzene rings is 1. The van der Waals surface area contributed by atoms with E-state index in [9.17, 15) is 9.50 Å². The standard InChI is InChI=1S/C18H13ClFN3O3/c1-10-4-5-12(19)18(17(10)20)26-9-11-7-16(24)23-15(21-11)8-13(22-23)14-3-2-6-25-14/h2-8,24H,9H2,1H3. The van der Waals surface area contributed by atoms with Crippen molar-refractivity contribution < 1.29 is 18.7 Å². The predicted molar refractivity (Wildman–Crippen MR) is 92.8 cm³/mol. The van der Waals surface area contributed by atoms with E-state index in [1.54, 1.807) is 37.3 Å². The highest BCUT2D eigenvalue weighted by atomic mass is 35.5. The van der Waals surface area contributed by atoms with Gasteiger partial charge >= 0.3 is 0 Å². The number of aromatic hydroxyl groups is 1. The fourth-order valence-electron chi connectivity index (χ4n) is 2.54. The van der Waals surface area contributed by atoms with E-state index in [0.29, 0.717) is 28.4 Å². The van der Waals surface area contributed by atoms with Gasteiger partial charge in [0.25, 0.3) is 0 Å². The monoisotopic (exact) mass is 373 g/mol. The molecule has 0 saturated carbocycles. The number of nitrogens with zero attached hydrogens (tertiary/aromatic N) is 3. The number of aromatic nitrogens is 3. The summed E-state index contributed by atoms with van der Waals surface area (Å²) >= 11 is 6.00. The topological polar surface area (TPSA) is 72.8 Å². The second-order valence-electron chi connectivity index (χ2n) is 5.68. The first kappa shape index (κ1) is 16.4. The van der Waals surface area contributed by atoms with Crippen LogP contribution in [0.3, 0.4) is 0 Å². The number of hydrogen-bond acceptors (Lipinski definition) is 5. The van der Waals surface area contributed by atoms with E-state index in [1.807, 2.05) is 0 Å². The SMILES string of the molecule is Cc1ccc(Cl)c(OCc2cc(O)n3nc(-c4ccco4)cc3n2)c1F. The van der Waals surface area contributed by atoms with Crippen molar-refractivity contribution in [3.8, 4) is 23.1 Å². The molecule has 8 heteroatoms. The lowest BCUT2D eigenvalue weighted by molar-refractivity contribution is 0.284. The minimum atomic E-state index is -0.521. The van der Waals surface area contributed by atoms with Crippen LogP contribution < -0.4 is 4.74 Å². The molecule has 0 saturated heterocycles. The maximum absolute atomic E-state index is 14.2. The third-order valence-corrected chi connectivity index (χ3v) is 4.14. The number of furan rings is 1. The van der Waals surface area contributed by atoms with Crippen LogP contribution in [-0.2, 0) is 6.61 Å². The van der Waals surface area contributed by atoms with Gasteiger partial charge in [0.1, 0.15) is 12.3 Å². The zero-order valence-electron chi connectivity index (χ0n) is 13.6. The van der Waals surface area contributed by atoms with Crippen LogP contribution in [0.4, 0.5) is 4.39 Å². The highest BCUT2D eigenvalue weighted by molar-refractivity contribution is 6.32. The summed E-state index contributed by atoms with van der Waals surface area (Å²) in [4.78, 5) is 4.37. The van der Waals surface area contributed by atoms with E-state index in [4.69, 9.17) is 20.8 Å². The first-order chi connectivity index (χ1) is 12.5. The molecule has 0 amide bonds. The molecule has 4 aromatic rings. The maximum atomic E-state index is 14.2. The second kappa shape index (κ2) is 6.34. The van der Waals surface area contributed by atoms with Gasteiger partial charge in [-0.1, -0.05) is 17.7 Å². The highest BCUT2D eigenvalue weighted by Gasteiger charge is 2.15. The molecule has 0 aliphatic rings. The van der Waals surface area contributed by atoms with Crippen LogP contribution in [0, 0.1) is 12.7 Å². The van der Waals surface area contributed by atoms with E-state index in [2.05, 4.69) is 10.1 Å². The smallest absolute Gasteiger partial charge is 0.215 e. The van der Waals surface area contributed by atoms with Crippen molar-refractivity contribution in [2.45, 2.75) is 13.5 Å². The van der Waals surface area contributed by atoms with Crippen LogP contribution in [0.2, 0.25) is 5.02 Å². The summed E-state index contributed by atoms with van der Waals surface area (Å²) in [5.41, 5.74) is 1.77. The molecular formula is C18H13ClFN3O3. The summed E-state index contributed by atoms with van der Waals surface area (Å²) in [5.74, 6) is -0.131. The molecule has 0 radical (unpaired) electrons. The molecule has 3 aromatic heterocycles. The fourth-order valence-corrected chi connectivity index (χ4v) is 2.74. The summed E-state index contributed by atoms with van der Waals surface area (Å²) in [6.45, 7) is 1.56. The molecule has 132 valence electrons. The van der Waals surface area contributed by atoms with Crippen molar-refractivity contribution in [1.29, 1.82) is 0 Å². The average molecular weight is 374 g/mol. The average Bonchev–Trinajstić information content (AvgIpc) is 3.27. The van der Waals surface area contributed by atoms with Crippen LogP contribution in [0.15, 0.2) is 47.1 Å². The summed E-state index contributed by atoms with van der Waals surface area (Å²) < 4.78 is 26.2. The number of halogens is 2. The fraction of sp³-hybridized carbons (Fsp3) is 0.111. The first-order valence-corrected chi connectivity index (χ1v) is 8.10. The second-order valence-corrected chi connectivity index (χ2v) is 6.09. The molecule has 26 heavy (non-hydrogen) atoms. The number of rotatable bonds is 4. The molecule has 0 bridgehead atoms. The number of hydrogen-bond donors (Lipinski definition) is 1. The molecule has 3 heterocycles. The summed E-state index contributed by atoms with van der Waals surface area (Å²) in [6.07, 6.45) is 1.53. The van der Waals surface area contributed by atoms with E-state index < -0.39 is 5.82 Å². The Hall–Kier alpha value is -3.06. The van der Waals surface area contributed by atoms with E-state index in [-0.39, 0.29) is 23.3 Å². The Bertz CT molecular complexity index is 1090. The van der Waals surface area contributed by atoms with Gasteiger partial charge in [-0.3, -0.25) is 0 Å². The summed E-state index contributed by atoms with van der Waals surface area (Å²) in [5, 5.41) is 14.6. The van der Waals surface area contributed by atoms with Gasteiger partial charge in [-0.25, -0.2) is 9.37 Å². The molecule has 0 fully saturated rings. The molecular weight excluding hydrogens is 361 g/mol. The third kappa shape index (κ3) is 2.86. The van der Waals surface area contributed by atoms with Crippen molar-refractivity contribution in [1.82, 2.24) is 14.6 Å². The first-order valence-electron chi connectivity index (χ1n) is 7.73. The molecule has 1 N–H and O–H groups in total. The van der Waals surface area contributed by atoms with Gasteiger partial charge in [-0.15, -0.1) is 0 Å². The Labute approximate surface area is 152 Å². The van der Waals surface area contributed by atoms with Gasteiger partial charge in [0.2, 0.25) is 5.88 Å². The van der Waals surface area contributed by atoms with Crippen LogP contribution in [0.5, 0.6) is 11.6 Å². The van der Waals surface area contributed by atoms with Gasteiger partial charge in [0, 0.05) is 12.1 Å². The van der Waals surface area contributed by atoms with Crippen molar-refractivity contribution >= 4 is 17.2 Å². The minimum Gasteiger partial charge on any atom is -0.493 e. The lowest BCUT2D eigenvalue weighted by Gasteiger charge is -2.10. The quantitative estimate of drug-likeness (QED) is 0.575. The molecule has 0 aliphatic carbocycles. The Kier molecular flexibility index (Phi) is 4.00. The van der Waals surface area contributed by atoms with Crippen LogP contribution in [0.1, 0.15) is 11.3 Å². The van der Waals surface area contributed by atoms with E-state index in [0.717, 1.165) is 0 Å². The van der Waals surface area contributed by atoms with E-state index >= 15 is 0 Å². The zero-order chi connectivity index (χ0) is 18.3. The maximum Gasteiger partial charge on any atom is 0.215 e. The van der Waals surface area contributed by atoms with Crippen molar-refractivity contribution in [3.05, 3.63) is 64.8 Å². The number of fused-ring (bicyclic) bond motifs is 1. The van der Waals surface area contributed by atoms with Crippen LogP contribution in [0.25, 0.3) is 17.1 Å². The molecule has 4 rings (SSSR count). The molecule has 6 nitrogen and oxygen atoms in total. The van der Waals surface area contributed by atoms with Crippen LogP contribution >= 0.6 is 11.6 Å². The Balaban J connectivity index is 1.65. The van der Waals surface area contributed by atoms with Gasteiger partial charge in [-0.05, 0) is 30.7 Å². The lowest BCUT2D eigenvalue weighted by atomic mass is 10.2. The Morgan fingerprint density at radius 1 is 1.31 bits per heavy atom. The van der Waals surface area contributed by atoms with E-state index in [1.165, 1.54) is 16.8 Å². The van der Waals surface area contributed by atoms with Crippen molar-refractivity contribution in [2.24, 2.45) is 0 Å². The van der Waals surface area contributed by atoms with Gasteiger partial charge in [-0.2, -0.15) is 9.61 Å². The van der Waals surface area contributed by atoms with Crippen LogP contribution in [-0.4, -0.2) is 19.7 Å². The molecule has 1 aromatic carbocycles. The summed E-state index contributed by atoms with van der Waals surface area (Å²) in [7, 11) is 0. The molecule has 0 aliphatic heterocycles. The van der Waals surface area contributed by atoms with Crippen molar-refractivity contribution in [2.75, 3.05) is 0 Å². The number of ether oxygens (including phenoxy) is 1. The predicted octanol–water partition coefficient (Wildman–Crippen LogP) is 4.37. The largest absolute Gasteiger partial charge is 0.493 e. The third-order valence-electron chi connectivity index (χ3n) is 3.84. The zero-order valence-corrected chi connectivity index (χ0v) is 14.4. The lowest BCUT2D eigenvalue weighted by Crippen LogP contribution is -2.03. The molecule has 0 unspecified atom stereocenters. The summed E-state index contributed by atoms with van der Waals surface area (Å²) in [6, 6.07) is 9.70. The molecule has 0 atom stereocenters. The normalized spacial score (nSPS) is 11.2. The van der Waals surface area contributed by atoms with Gasteiger partial charge in [0.15, 0.2) is 23.0 Å². The highest BCUT2D eigenvalue weighted by Crippen LogP contribution is 2.30. The Morgan fingerprint density at radius 3 is 2.92 bits per heavy atom. The number of aryl methyl sites for hydroxylation is 1. The Morgan fingerprint density at radius 2 is 2.15 bits per heavy atom.